The van der Waals surface area contributed by atoms with Crippen molar-refractivity contribution in [1.29, 1.82) is 0 Å². The van der Waals surface area contributed by atoms with Crippen molar-refractivity contribution in [3.8, 4) is 5.75 Å². The Balaban J connectivity index is 1.73. The van der Waals surface area contributed by atoms with E-state index in [-0.39, 0.29) is 0 Å². The predicted molar refractivity (Wildman–Crippen MR) is 78.0 cm³/mol. The first kappa shape index (κ1) is 12.8. The zero-order valence-electron chi connectivity index (χ0n) is 10.2. The molecule has 2 aromatic rings. The molecule has 0 aliphatic rings. The van der Waals surface area contributed by atoms with Crippen molar-refractivity contribution < 1.29 is 5.11 Å². The molecule has 94 valence electrons. The average Bonchev–Trinajstić information content (AvgIpc) is 2.39. The van der Waals surface area contributed by atoms with E-state index in [4.69, 9.17) is 5.73 Å². The van der Waals surface area contributed by atoms with Crippen LogP contribution in [0, 0.1) is 0 Å². The lowest BCUT2D eigenvalue weighted by molar-refractivity contribution is 0.475. The summed E-state index contributed by atoms with van der Waals surface area (Å²) in [5.41, 5.74) is 7.79. The van der Waals surface area contributed by atoms with Crippen molar-refractivity contribution >= 4 is 17.4 Å². The molecule has 0 saturated carbocycles. The van der Waals surface area contributed by atoms with Crippen molar-refractivity contribution in [2.75, 3.05) is 11.5 Å². The van der Waals surface area contributed by atoms with Gasteiger partial charge in [0.1, 0.15) is 5.75 Å². The molecule has 0 heterocycles. The molecule has 18 heavy (non-hydrogen) atoms. The number of hydrogen-bond donors (Lipinski definition) is 2. The number of aromatic hydroxyl groups is 1. The highest BCUT2D eigenvalue weighted by molar-refractivity contribution is 7.99. The van der Waals surface area contributed by atoms with Crippen molar-refractivity contribution in [2.45, 2.75) is 17.7 Å². The molecule has 0 aliphatic heterocycles. The second-order valence-corrected chi connectivity index (χ2v) is 5.36. The van der Waals surface area contributed by atoms with E-state index in [1.54, 1.807) is 12.1 Å². The number of phenols is 1. The highest BCUT2D eigenvalue weighted by atomic mass is 32.2. The molecular formula is C15H17NOS. The zero-order chi connectivity index (χ0) is 12.8. The largest absolute Gasteiger partial charge is 0.508 e. The van der Waals surface area contributed by atoms with Gasteiger partial charge in [-0.25, -0.2) is 0 Å². The molecule has 2 rings (SSSR count). The Hall–Kier alpha value is -1.61. The van der Waals surface area contributed by atoms with Crippen LogP contribution in [0.15, 0.2) is 53.4 Å². The molecule has 0 aliphatic carbocycles. The topological polar surface area (TPSA) is 46.2 Å². The molecule has 0 bridgehead atoms. The predicted octanol–water partition coefficient (Wildman–Crippen LogP) is 3.70. The molecule has 0 unspecified atom stereocenters. The van der Waals surface area contributed by atoms with E-state index in [1.165, 1.54) is 10.5 Å². The van der Waals surface area contributed by atoms with Gasteiger partial charge >= 0.3 is 0 Å². The van der Waals surface area contributed by atoms with E-state index in [0.717, 1.165) is 24.3 Å². The number of phenolic OH excluding ortho intramolecular Hbond substituents is 1. The van der Waals surface area contributed by atoms with E-state index in [0.29, 0.717) is 5.75 Å². The maximum atomic E-state index is 9.18. The van der Waals surface area contributed by atoms with E-state index in [2.05, 4.69) is 12.1 Å². The van der Waals surface area contributed by atoms with Crippen LogP contribution in [-0.2, 0) is 6.42 Å². The first-order valence-electron chi connectivity index (χ1n) is 6.00. The molecule has 0 atom stereocenters. The van der Waals surface area contributed by atoms with E-state index in [9.17, 15) is 5.11 Å². The van der Waals surface area contributed by atoms with Crippen LogP contribution >= 0.6 is 11.8 Å². The molecule has 0 saturated heterocycles. The standard InChI is InChI=1S/C15H17NOS/c16-13-5-3-12(4-6-13)2-1-11-18-15-9-7-14(17)8-10-15/h3-10,17H,1-2,11,16H2. The number of nitrogens with two attached hydrogens (primary N) is 1. The summed E-state index contributed by atoms with van der Waals surface area (Å²) in [4.78, 5) is 1.20. The van der Waals surface area contributed by atoms with Gasteiger partial charge in [0, 0.05) is 10.6 Å². The van der Waals surface area contributed by atoms with Crippen molar-refractivity contribution in [2.24, 2.45) is 0 Å². The van der Waals surface area contributed by atoms with E-state index < -0.39 is 0 Å². The lowest BCUT2D eigenvalue weighted by Gasteiger charge is -2.03. The van der Waals surface area contributed by atoms with E-state index >= 15 is 0 Å². The summed E-state index contributed by atoms with van der Waals surface area (Å²) in [5, 5.41) is 9.18. The molecular weight excluding hydrogens is 242 g/mol. The smallest absolute Gasteiger partial charge is 0.115 e. The van der Waals surface area contributed by atoms with Gasteiger partial charge in [0.05, 0.1) is 0 Å². The number of thioether (sulfide) groups is 1. The summed E-state index contributed by atoms with van der Waals surface area (Å²) in [6.07, 6.45) is 2.21. The maximum absolute atomic E-state index is 9.18. The Kier molecular flexibility index (Phi) is 4.53. The number of hydrogen-bond acceptors (Lipinski definition) is 3. The minimum Gasteiger partial charge on any atom is -0.508 e. The molecule has 2 aromatic carbocycles. The summed E-state index contributed by atoms with van der Waals surface area (Å²) < 4.78 is 0. The fourth-order valence-electron chi connectivity index (χ4n) is 1.69. The van der Waals surface area contributed by atoms with Crippen molar-refractivity contribution in [3.63, 3.8) is 0 Å². The lowest BCUT2D eigenvalue weighted by atomic mass is 10.1. The van der Waals surface area contributed by atoms with Crippen LogP contribution in [0.25, 0.3) is 0 Å². The highest BCUT2D eigenvalue weighted by Gasteiger charge is 1.96. The number of aryl methyl sites for hydroxylation is 1. The van der Waals surface area contributed by atoms with Gasteiger partial charge in [-0.3, -0.25) is 0 Å². The number of benzene rings is 2. The van der Waals surface area contributed by atoms with Crippen molar-refractivity contribution in [3.05, 3.63) is 54.1 Å². The fraction of sp³-hybridized carbons (Fsp3) is 0.200. The maximum Gasteiger partial charge on any atom is 0.115 e. The first-order valence-corrected chi connectivity index (χ1v) is 6.99. The Morgan fingerprint density at radius 2 is 1.61 bits per heavy atom. The van der Waals surface area contributed by atoms with Gasteiger partial charge in [-0.2, -0.15) is 0 Å². The quantitative estimate of drug-likeness (QED) is 0.489. The van der Waals surface area contributed by atoms with Crippen LogP contribution in [0.5, 0.6) is 5.75 Å². The summed E-state index contributed by atoms with van der Waals surface area (Å²) in [5.74, 6) is 1.40. The van der Waals surface area contributed by atoms with Gasteiger partial charge in [-0.05, 0) is 60.6 Å². The molecule has 0 radical (unpaired) electrons. The van der Waals surface area contributed by atoms with Crippen LogP contribution < -0.4 is 5.73 Å². The Morgan fingerprint density at radius 1 is 0.944 bits per heavy atom. The average molecular weight is 259 g/mol. The van der Waals surface area contributed by atoms with Gasteiger partial charge in [0.15, 0.2) is 0 Å². The third-order valence-corrected chi connectivity index (χ3v) is 3.79. The summed E-state index contributed by atoms with van der Waals surface area (Å²) in [7, 11) is 0. The first-order chi connectivity index (χ1) is 8.74. The summed E-state index contributed by atoms with van der Waals surface area (Å²) in [6.45, 7) is 0. The minimum atomic E-state index is 0.321. The molecule has 0 fully saturated rings. The van der Waals surface area contributed by atoms with Crippen LogP contribution in [0.1, 0.15) is 12.0 Å². The van der Waals surface area contributed by atoms with Crippen LogP contribution in [0.3, 0.4) is 0 Å². The normalized spacial score (nSPS) is 10.4. The zero-order valence-corrected chi connectivity index (χ0v) is 11.0. The third-order valence-electron chi connectivity index (χ3n) is 2.69. The second kappa shape index (κ2) is 6.36. The van der Waals surface area contributed by atoms with Gasteiger partial charge < -0.3 is 10.8 Å². The van der Waals surface area contributed by atoms with Gasteiger partial charge in [0.25, 0.3) is 0 Å². The Bertz CT molecular complexity index is 431. The molecule has 3 N–H and O–H groups in total. The van der Waals surface area contributed by atoms with Crippen molar-refractivity contribution in [1.82, 2.24) is 0 Å². The molecule has 0 amide bonds. The Morgan fingerprint density at radius 3 is 2.28 bits per heavy atom. The number of rotatable bonds is 5. The summed E-state index contributed by atoms with van der Waals surface area (Å²) in [6, 6.07) is 15.4. The Labute approximate surface area is 112 Å². The minimum absolute atomic E-state index is 0.321. The fourth-order valence-corrected chi connectivity index (χ4v) is 2.55. The van der Waals surface area contributed by atoms with Gasteiger partial charge in [-0.1, -0.05) is 12.1 Å². The molecule has 3 heteroatoms. The third kappa shape index (κ3) is 4.00. The highest BCUT2D eigenvalue weighted by Crippen LogP contribution is 2.22. The van der Waals surface area contributed by atoms with Crippen LogP contribution in [0.2, 0.25) is 0 Å². The van der Waals surface area contributed by atoms with Crippen LogP contribution in [-0.4, -0.2) is 10.9 Å². The van der Waals surface area contributed by atoms with Crippen LogP contribution in [0.4, 0.5) is 5.69 Å². The second-order valence-electron chi connectivity index (χ2n) is 4.19. The SMILES string of the molecule is Nc1ccc(CCCSc2ccc(O)cc2)cc1. The number of anilines is 1. The molecule has 2 nitrogen and oxygen atoms in total. The molecule has 0 spiro atoms. The van der Waals surface area contributed by atoms with Gasteiger partial charge in [-0.15, -0.1) is 11.8 Å². The monoisotopic (exact) mass is 259 g/mol. The summed E-state index contributed by atoms with van der Waals surface area (Å²) >= 11 is 1.82. The van der Waals surface area contributed by atoms with E-state index in [1.807, 2.05) is 36.0 Å². The number of nitrogen functional groups attached to an aromatic ring is 1. The molecule has 0 aromatic heterocycles. The van der Waals surface area contributed by atoms with Gasteiger partial charge in [0.2, 0.25) is 0 Å². The lowest BCUT2D eigenvalue weighted by Crippen LogP contribution is -1.89.